The first kappa shape index (κ1) is 15.4. The van der Waals surface area contributed by atoms with E-state index in [1.54, 1.807) is 12.1 Å². The molecule has 0 aromatic carbocycles. The molecule has 19 heavy (non-hydrogen) atoms. The average Bonchev–Trinajstić information content (AvgIpc) is 2.44. The molecule has 5 nitrogen and oxygen atoms in total. The fraction of sp³-hybridized carbons (Fsp3) is 0.571. The summed E-state index contributed by atoms with van der Waals surface area (Å²) in [5, 5.41) is 15.6. The van der Waals surface area contributed by atoms with Crippen molar-refractivity contribution in [2.24, 2.45) is 5.92 Å². The Kier molecular flexibility index (Phi) is 6.29. The van der Waals surface area contributed by atoms with E-state index >= 15 is 0 Å². The largest absolute Gasteiger partial charge is 0.391 e. The van der Waals surface area contributed by atoms with Crippen molar-refractivity contribution in [3.05, 3.63) is 23.9 Å². The molecule has 0 fully saturated rings. The molecule has 2 unspecified atom stereocenters. The van der Waals surface area contributed by atoms with Crippen LogP contribution in [0.2, 0.25) is 0 Å². The van der Waals surface area contributed by atoms with Crippen molar-refractivity contribution in [1.82, 2.24) is 10.3 Å². The third-order valence-electron chi connectivity index (χ3n) is 3.16. The Balaban J connectivity index is 2.50. The van der Waals surface area contributed by atoms with Crippen LogP contribution in [0.5, 0.6) is 0 Å². The van der Waals surface area contributed by atoms with E-state index in [0.29, 0.717) is 24.5 Å². The number of pyridine rings is 1. The fourth-order valence-corrected chi connectivity index (χ4v) is 1.58. The average molecular weight is 265 g/mol. The van der Waals surface area contributed by atoms with E-state index in [9.17, 15) is 9.90 Å². The molecule has 1 amide bonds. The van der Waals surface area contributed by atoms with Gasteiger partial charge in [0.25, 0.3) is 5.91 Å². The van der Waals surface area contributed by atoms with Crippen LogP contribution in [0.25, 0.3) is 0 Å². The highest BCUT2D eigenvalue weighted by Crippen LogP contribution is 2.09. The van der Waals surface area contributed by atoms with Gasteiger partial charge in [0.2, 0.25) is 0 Å². The van der Waals surface area contributed by atoms with E-state index in [1.165, 1.54) is 6.20 Å². The van der Waals surface area contributed by atoms with Crippen LogP contribution in [0.15, 0.2) is 18.3 Å². The first-order valence-electron chi connectivity index (χ1n) is 6.74. The number of anilines is 1. The highest BCUT2D eigenvalue weighted by molar-refractivity contribution is 5.93. The van der Waals surface area contributed by atoms with Crippen molar-refractivity contribution in [3.8, 4) is 0 Å². The second-order valence-corrected chi connectivity index (χ2v) is 4.63. The van der Waals surface area contributed by atoms with Gasteiger partial charge in [-0.3, -0.25) is 4.79 Å². The predicted octanol–water partition coefficient (Wildman–Crippen LogP) is 1.65. The van der Waals surface area contributed by atoms with Crippen molar-refractivity contribution < 1.29 is 9.90 Å². The van der Waals surface area contributed by atoms with Crippen LogP contribution in [-0.2, 0) is 0 Å². The SMILES string of the molecule is CCNC(=O)c1ccc(NCC(O)C(C)CC)nc1. The van der Waals surface area contributed by atoms with E-state index in [4.69, 9.17) is 0 Å². The van der Waals surface area contributed by atoms with Gasteiger partial charge in [0.1, 0.15) is 5.82 Å². The zero-order chi connectivity index (χ0) is 14.3. The summed E-state index contributed by atoms with van der Waals surface area (Å²) in [4.78, 5) is 15.7. The highest BCUT2D eigenvalue weighted by atomic mass is 16.3. The summed E-state index contributed by atoms with van der Waals surface area (Å²) in [6, 6.07) is 3.46. The summed E-state index contributed by atoms with van der Waals surface area (Å²) in [6.07, 6.45) is 2.07. The van der Waals surface area contributed by atoms with Crippen LogP contribution < -0.4 is 10.6 Å². The summed E-state index contributed by atoms with van der Waals surface area (Å²) in [6.45, 7) is 6.99. The Labute approximate surface area is 114 Å². The summed E-state index contributed by atoms with van der Waals surface area (Å²) >= 11 is 0. The zero-order valence-corrected chi connectivity index (χ0v) is 11.8. The molecule has 1 heterocycles. The summed E-state index contributed by atoms with van der Waals surface area (Å²) in [7, 11) is 0. The van der Waals surface area contributed by atoms with Crippen molar-refractivity contribution in [2.75, 3.05) is 18.4 Å². The predicted molar refractivity (Wildman–Crippen MR) is 76.2 cm³/mol. The second kappa shape index (κ2) is 7.74. The lowest BCUT2D eigenvalue weighted by molar-refractivity contribution is 0.0955. The van der Waals surface area contributed by atoms with Crippen molar-refractivity contribution in [1.29, 1.82) is 0 Å². The van der Waals surface area contributed by atoms with Crippen LogP contribution in [0.1, 0.15) is 37.6 Å². The Bertz CT molecular complexity index is 392. The molecule has 2 atom stereocenters. The van der Waals surface area contributed by atoms with E-state index < -0.39 is 6.10 Å². The number of nitrogens with one attached hydrogen (secondary N) is 2. The molecule has 1 aromatic rings. The molecular formula is C14H23N3O2. The number of hydrogen-bond donors (Lipinski definition) is 3. The van der Waals surface area contributed by atoms with Gasteiger partial charge in [-0.25, -0.2) is 4.98 Å². The van der Waals surface area contributed by atoms with Gasteiger partial charge in [0, 0.05) is 19.3 Å². The fourth-order valence-electron chi connectivity index (χ4n) is 1.58. The van der Waals surface area contributed by atoms with Gasteiger partial charge in [-0.15, -0.1) is 0 Å². The minimum absolute atomic E-state index is 0.124. The molecule has 1 rings (SSSR count). The van der Waals surface area contributed by atoms with Crippen LogP contribution in [0.4, 0.5) is 5.82 Å². The molecule has 5 heteroatoms. The standard InChI is InChI=1S/C14H23N3O2/c1-4-10(3)12(18)9-17-13-7-6-11(8-16-13)14(19)15-5-2/h6-8,10,12,18H,4-5,9H2,1-3H3,(H,15,19)(H,16,17). The molecular weight excluding hydrogens is 242 g/mol. The number of carbonyl (C=O) groups is 1. The summed E-state index contributed by atoms with van der Waals surface area (Å²) in [5.41, 5.74) is 0.537. The second-order valence-electron chi connectivity index (χ2n) is 4.63. The Morgan fingerprint density at radius 1 is 1.42 bits per heavy atom. The number of nitrogens with zero attached hydrogens (tertiary/aromatic N) is 1. The molecule has 0 bridgehead atoms. The lowest BCUT2D eigenvalue weighted by Gasteiger charge is -2.17. The maximum Gasteiger partial charge on any atom is 0.252 e. The molecule has 0 spiro atoms. The number of aromatic nitrogens is 1. The molecule has 0 saturated carbocycles. The summed E-state index contributed by atoms with van der Waals surface area (Å²) in [5.74, 6) is 0.790. The lowest BCUT2D eigenvalue weighted by Crippen LogP contribution is -2.26. The molecule has 0 aliphatic rings. The van der Waals surface area contributed by atoms with Gasteiger partial charge >= 0.3 is 0 Å². The minimum Gasteiger partial charge on any atom is -0.391 e. The van der Waals surface area contributed by atoms with Gasteiger partial charge in [0.15, 0.2) is 0 Å². The lowest BCUT2D eigenvalue weighted by atomic mass is 10.0. The van der Waals surface area contributed by atoms with Gasteiger partial charge in [-0.1, -0.05) is 20.3 Å². The van der Waals surface area contributed by atoms with Gasteiger partial charge < -0.3 is 15.7 Å². The zero-order valence-electron chi connectivity index (χ0n) is 11.8. The van der Waals surface area contributed by atoms with Gasteiger partial charge in [-0.2, -0.15) is 0 Å². The first-order chi connectivity index (χ1) is 9.08. The van der Waals surface area contributed by atoms with E-state index in [1.807, 2.05) is 20.8 Å². The number of rotatable bonds is 7. The number of aliphatic hydroxyl groups is 1. The highest BCUT2D eigenvalue weighted by Gasteiger charge is 2.12. The Morgan fingerprint density at radius 2 is 2.16 bits per heavy atom. The van der Waals surface area contributed by atoms with Crippen molar-refractivity contribution in [3.63, 3.8) is 0 Å². The molecule has 0 radical (unpaired) electrons. The number of aliphatic hydroxyl groups excluding tert-OH is 1. The normalized spacial score (nSPS) is 13.7. The maximum atomic E-state index is 11.5. The summed E-state index contributed by atoms with van der Waals surface area (Å²) < 4.78 is 0. The number of amides is 1. The molecule has 3 N–H and O–H groups in total. The monoisotopic (exact) mass is 265 g/mol. The molecule has 0 aliphatic heterocycles. The number of hydrogen-bond acceptors (Lipinski definition) is 4. The van der Waals surface area contributed by atoms with E-state index in [-0.39, 0.29) is 11.8 Å². The Hall–Kier alpha value is -1.62. The Morgan fingerprint density at radius 3 is 2.68 bits per heavy atom. The molecule has 1 aromatic heterocycles. The van der Waals surface area contributed by atoms with E-state index in [0.717, 1.165) is 6.42 Å². The minimum atomic E-state index is -0.394. The van der Waals surface area contributed by atoms with Crippen LogP contribution in [-0.4, -0.2) is 35.2 Å². The smallest absolute Gasteiger partial charge is 0.252 e. The topological polar surface area (TPSA) is 74.2 Å². The quantitative estimate of drug-likeness (QED) is 0.701. The van der Waals surface area contributed by atoms with Crippen LogP contribution in [0.3, 0.4) is 0 Å². The first-order valence-corrected chi connectivity index (χ1v) is 6.74. The molecule has 0 saturated heterocycles. The molecule has 0 aliphatic carbocycles. The third kappa shape index (κ3) is 4.87. The molecule has 106 valence electrons. The third-order valence-corrected chi connectivity index (χ3v) is 3.16. The van der Waals surface area contributed by atoms with E-state index in [2.05, 4.69) is 15.6 Å². The van der Waals surface area contributed by atoms with Gasteiger partial charge in [0.05, 0.1) is 11.7 Å². The van der Waals surface area contributed by atoms with Crippen LogP contribution >= 0.6 is 0 Å². The number of carbonyl (C=O) groups excluding carboxylic acids is 1. The maximum absolute atomic E-state index is 11.5. The van der Waals surface area contributed by atoms with Gasteiger partial charge in [-0.05, 0) is 25.0 Å². The van der Waals surface area contributed by atoms with Crippen molar-refractivity contribution >= 4 is 11.7 Å². The van der Waals surface area contributed by atoms with Crippen molar-refractivity contribution in [2.45, 2.75) is 33.3 Å². The van der Waals surface area contributed by atoms with Crippen LogP contribution in [0, 0.1) is 5.92 Å².